The van der Waals surface area contributed by atoms with Gasteiger partial charge in [0.25, 0.3) is 0 Å². The summed E-state index contributed by atoms with van der Waals surface area (Å²) in [6, 6.07) is 9.58. The number of hydrogen-bond acceptors (Lipinski definition) is 6. The molecule has 0 fully saturated rings. The van der Waals surface area contributed by atoms with Crippen LogP contribution in [0, 0.1) is 0 Å². The average molecular weight is 466 g/mol. The first kappa shape index (κ1) is 21.8. The Labute approximate surface area is 193 Å². The van der Waals surface area contributed by atoms with Crippen molar-refractivity contribution in [2.75, 3.05) is 5.75 Å². The number of aromatic nitrogens is 2. The van der Waals surface area contributed by atoms with Crippen LogP contribution in [0.3, 0.4) is 0 Å². The second-order valence-electron chi connectivity index (χ2n) is 8.84. The minimum atomic E-state index is -3.62. The van der Waals surface area contributed by atoms with Crippen molar-refractivity contribution in [1.82, 2.24) is 14.9 Å². The van der Waals surface area contributed by atoms with Crippen LogP contribution in [0.25, 0.3) is 0 Å². The summed E-state index contributed by atoms with van der Waals surface area (Å²) in [6.45, 7) is 1.89. The Morgan fingerprint density at radius 1 is 0.970 bits per heavy atom. The minimum absolute atomic E-state index is 0.0156. The number of nitrogens with zero attached hydrogens (tertiary/aromatic N) is 2. The van der Waals surface area contributed by atoms with Gasteiger partial charge in [-0.2, -0.15) is 0 Å². The molecule has 8 heteroatoms. The zero-order chi connectivity index (χ0) is 23.2. The Balaban J connectivity index is 1.74. The van der Waals surface area contributed by atoms with Gasteiger partial charge in [-0.1, -0.05) is 37.3 Å². The molecular weight excluding hydrogens is 438 g/mol. The number of ketones is 2. The number of carbonyl (C=O) groups excluding carboxylic acids is 2. The van der Waals surface area contributed by atoms with Crippen molar-refractivity contribution in [2.45, 2.75) is 63.1 Å². The van der Waals surface area contributed by atoms with E-state index in [1.54, 1.807) is 17.7 Å². The SMILES string of the molecule is CCS(=O)(=O)c1ncc(C2C3=C(CCCC3=O)NC3=C2C(=O)CCC3)n1Cc1ccccc1. The molecule has 2 aromatic rings. The molecule has 1 aliphatic heterocycles. The molecule has 0 radical (unpaired) electrons. The van der Waals surface area contributed by atoms with Gasteiger partial charge in [0.15, 0.2) is 11.6 Å². The molecule has 172 valence electrons. The molecular formula is C25H27N3O4S. The van der Waals surface area contributed by atoms with Crippen LogP contribution in [0.4, 0.5) is 0 Å². The summed E-state index contributed by atoms with van der Waals surface area (Å²) in [6.07, 6.45) is 5.45. The van der Waals surface area contributed by atoms with E-state index in [9.17, 15) is 18.0 Å². The monoisotopic (exact) mass is 465 g/mol. The molecule has 0 bridgehead atoms. The van der Waals surface area contributed by atoms with Gasteiger partial charge in [-0.15, -0.1) is 0 Å². The molecule has 3 aliphatic rings. The molecule has 1 N–H and O–H groups in total. The molecule has 1 aromatic carbocycles. The summed E-state index contributed by atoms with van der Waals surface area (Å²) in [5.74, 6) is -0.629. The van der Waals surface area contributed by atoms with E-state index >= 15 is 0 Å². The molecule has 33 heavy (non-hydrogen) atoms. The number of hydrogen-bond donors (Lipinski definition) is 1. The largest absolute Gasteiger partial charge is 0.362 e. The molecule has 0 spiro atoms. The van der Waals surface area contributed by atoms with E-state index in [1.165, 1.54) is 0 Å². The highest BCUT2D eigenvalue weighted by atomic mass is 32.2. The van der Waals surface area contributed by atoms with Crippen LogP contribution < -0.4 is 5.32 Å². The van der Waals surface area contributed by atoms with Crippen LogP contribution in [0.1, 0.15) is 62.6 Å². The number of rotatable bonds is 5. The Bertz CT molecular complexity index is 1260. The van der Waals surface area contributed by atoms with Crippen LogP contribution in [0.2, 0.25) is 0 Å². The maximum Gasteiger partial charge on any atom is 0.228 e. The highest BCUT2D eigenvalue weighted by Gasteiger charge is 2.42. The van der Waals surface area contributed by atoms with Gasteiger partial charge in [0, 0.05) is 35.4 Å². The van der Waals surface area contributed by atoms with Gasteiger partial charge in [-0.3, -0.25) is 9.59 Å². The summed E-state index contributed by atoms with van der Waals surface area (Å²) in [4.78, 5) is 30.6. The van der Waals surface area contributed by atoms with Crippen molar-refractivity contribution in [3.8, 4) is 0 Å². The topological polar surface area (TPSA) is 98.1 Å². The average Bonchev–Trinajstić information content (AvgIpc) is 3.23. The molecule has 2 aliphatic carbocycles. The molecule has 5 rings (SSSR count). The third kappa shape index (κ3) is 3.76. The minimum Gasteiger partial charge on any atom is -0.362 e. The normalized spacial score (nSPS) is 19.4. The predicted molar refractivity (Wildman–Crippen MR) is 123 cm³/mol. The number of carbonyl (C=O) groups is 2. The van der Waals surface area contributed by atoms with E-state index in [1.807, 2.05) is 30.3 Å². The Morgan fingerprint density at radius 3 is 2.15 bits per heavy atom. The van der Waals surface area contributed by atoms with Crippen molar-refractivity contribution in [2.24, 2.45) is 0 Å². The van der Waals surface area contributed by atoms with Crippen molar-refractivity contribution in [3.05, 3.63) is 70.3 Å². The highest BCUT2D eigenvalue weighted by Crippen LogP contribution is 2.45. The fourth-order valence-electron chi connectivity index (χ4n) is 5.18. The number of sulfone groups is 1. The lowest BCUT2D eigenvalue weighted by atomic mass is 9.73. The van der Waals surface area contributed by atoms with E-state index in [0.29, 0.717) is 36.2 Å². The lowest BCUT2D eigenvalue weighted by Gasteiger charge is -2.37. The molecule has 0 amide bonds. The molecule has 7 nitrogen and oxygen atoms in total. The number of nitrogens with one attached hydrogen (secondary N) is 1. The molecule has 0 unspecified atom stereocenters. The van der Waals surface area contributed by atoms with E-state index in [-0.39, 0.29) is 22.5 Å². The third-order valence-electron chi connectivity index (χ3n) is 6.78. The first-order chi connectivity index (χ1) is 15.9. The second-order valence-corrected chi connectivity index (χ2v) is 11.0. The molecule has 0 saturated carbocycles. The summed E-state index contributed by atoms with van der Waals surface area (Å²) >= 11 is 0. The third-order valence-corrected chi connectivity index (χ3v) is 8.42. The fraction of sp³-hybridized carbons (Fsp3) is 0.400. The van der Waals surface area contributed by atoms with Gasteiger partial charge in [0.2, 0.25) is 15.0 Å². The van der Waals surface area contributed by atoms with Crippen molar-refractivity contribution in [3.63, 3.8) is 0 Å². The first-order valence-corrected chi connectivity index (χ1v) is 13.2. The van der Waals surface area contributed by atoms with Crippen LogP contribution in [0.15, 0.2) is 64.2 Å². The van der Waals surface area contributed by atoms with Gasteiger partial charge in [0.05, 0.1) is 30.1 Å². The quantitative estimate of drug-likeness (QED) is 0.727. The van der Waals surface area contributed by atoms with Gasteiger partial charge in [-0.25, -0.2) is 13.4 Å². The van der Waals surface area contributed by atoms with Crippen molar-refractivity contribution < 1.29 is 18.0 Å². The van der Waals surface area contributed by atoms with Gasteiger partial charge in [0.1, 0.15) is 0 Å². The summed E-state index contributed by atoms with van der Waals surface area (Å²) in [7, 11) is -3.62. The number of dihydropyridines is 1. The van der Waals surface area contributed by atoms with Crippen LogP contribution in [-0.2, 0) is 26.0 Å². The summed E-state index contributed by atoms with van der Waals surface area (Å²) in [5, 5.41) is 3.39. The van der Waals surface area contributed by atoms with E-state index in [0.717, 1.165) is 42.6 Å². The maximum atomic E-state index is 13.1. The van der Waals surface area contributed by atoms with Crippen LogP contribution >= 0.6 is 0 Å². The Hall–Kier alpha value is -3.00. The van der Waals surface area contributed by atoms with Gasteiger partial charge >= 0.3 is 0 Å². The number of imidazole rings is 1. The molecule has 2 heterocycles. The number of Topliss-reactive ketones (excluding diaryl/α,β-unsaturated/α-hetero) is 2. The highest BCUT2D eigenvalue weighted by molar-refractivity contribution is 7.91. The molecule has 1 aromatic heterocycles. The predicted octanol–water partition coefficient (Wildman–Crippen LogP) is 3.43. The fourth-order valence-corrected chi connectivity index (χ4v) is 6.16. The number of allylic oxidation sites excluding steroid dienone is 4. The molecule has 0 saturated heterocycles. The lowest BCUT2D eigenvalue weighted by Crippen LogP contribution is -2.37. The first-order valence-electron chi connectivity index (χ1n) is 11.5. The van der Waals surface area contributed by atoms with E-state index in [4.69, 9.17) is 0 Å². The lowest BCUT2D eigenvalue weighted by molar-refractivity contribution is -0.117. The Kier molecular flexibility index (Phi) is 5.56. The number of benzene rings is 1. The smallest absolute Gasteiger partial charge is 0.228 e. The van der Waals surface area contributed by atoms with Gasteiger partial charge < -0.3 is 9.88 Å². The van der Waals surface area contributed by atoms with E-state index < -0.39 is 15.8 Å². The molecule has 0 atom stereocenters. The van der Waals surface area contributed by atoms with Crippen LogP contribution in [0.5, 0.6) is 0 Å². The standard InChI is InChI=1S/C25H27N3O4S/c1-2-33(31,32)25-26-14-19(28(25)15-16-8-4-3-5-9-16)24-22-17(10-6-12-20(22)29)27-18-11-7-13-21(30)23(18)24/h3-5,8-9,14,24,27H,2,6-7,10-13,15H2,1H3. The van der Waals surface area contributed by atoms with Crippen molar-refractivity contribution >= 4 is 21.4 Å². The van der Waals surface area contributed by atoms with Gasteiger partial charge in [-0.05, 0) is 31.2 Å². The van der Waals surface area contributed by atoms with E-state index in [2.05, 4.69) is 10.3 Å². The van der Waals surface area contributed by atoms with Crippen molar-refractivity contribution in [1.29, 1.82) is 0 Å². The maximum absolute atomic E-state index is 13.1. The zero-order valence-corrected chi connectivity index (χ0v) is 19.5. The second kappa shape index (κ2) is 8.41. The zero-order valence-electron chi connectivity index (χ0n) is 18.6. The Morgan fingerprint density at radius 2 is 1.58 bits per heavy atom. The summed E-state index contributed by atoms with van der Waals surface area (Å²) in [5.41, 5.74) is 4.47. The van der Waals surface area contributed by atoms with Crippen LogP contribution in [-0.4, -0.2) is 35.3 Å². The summed E-state index contributed by atoms with van der Waals surface area (Å²) < 4.78 is 27.6.